The lowest BCUT2D eigenvalue weighted by Crippen LogP contribution is -2.44. The summed E-state index contributed by atoms with van der Waals surface area (Å²) in [6.07, 6.45) is 45.2. The number of carboxylic acid groups (broad SMARTS) is 1. The Morgan fingerprint density at radius 3 is 1.21 bits per heavy atom. The third-order valence-corrected chi connectivity index (χ3v) is 11.5. The zero-order valence-corrected chi connectivity index (χ0v) is 40.8. The van der Waals surface area contributed by atoms with Gasteiger partial charge < -0.3 is 33.3 Å². The number of carbonyl (C=O) groups excluding carboxylic acids is 3. The fourth-order valence-corrected chi connectivity index (χ4v) is 7.47. The quantitative estimate of drug-likeness (QED) is 0.0195. The monoisotopic (exact) mass is 866 g/mol. The predicted octanol–water partition coefficient (Wildman–Crippen LogP) is 12.9. The van der Waals surface area contributed by atoms with Gasteiger partial charge in [-0.3, -0.25) is 9.59 Å². The van der Waals surface area contributed by atoms with Crippen LogP contribution in [-0.4, -0.2) is 82.3 Å². The summed E-state index contributed by atoms with van der Waals surface area (Å²) in [5.41, 5.74) is 0. The van der Waals surface area contributed by atoms with Gasteiger partial charge in [-0.2, -0.15) is 0 Å². The van der Waals surface area contributed by atoms with E-state index in [4.69, 9.17) is 18.9 Å². The van der Waals surface area contributed by atoms with E-state index in [0.29, 0.717) is 23.9 Å². The number of carboxylic acids is 1. The van der Waals surface area contributed by atoms with E-state index in [-0.39, 0.29) is 32.2 Å². The van der Waals surface area contributed by atoms with E-state index in [1.54, 1.807) is 0 Å². The summed E-state index contributed by atoms with van der Waals surface area (Å²) in [5, 5.41) is 11.7. The molecule has 61 heavy (non-hydrogen) atoms. The predicted molar refractivity (Wildman–Crippen MR) is 251 cm³/mol. The number of quaternary nitrogens is 1. The fraction of sp³-hybridized carbons (Fsp3) is 0.904. The van der Waals surface area contributed by atoms with Crippen molar-refractivity contribution < 1.29 is 42.9 Å². The lowest BCUT2D eigenvalue weighted by molar-refractivity contribution is -0.870. The number of hydrogen-bond acceptors (Lipinski definition) is 8. The van der Waals surface area contributed by atoms with Gasteiger partial charge in [-0.25, -0.2) is 0 Å². The van der Waals surface area contributed by atoms with Crippen LogP contribution in [0.15, 0.2) is 12.2 Å². The molecule has 0 aliphatic carbocycles. The molecule has 2 unspecified atom stereocenters. The summed E-state index contributed by atoms with van der Waals surface area (Å²) in [6, 6.07) is 0. The number of unbranched alkanes of at least 4 members (excludes halogenated alkanes) is 31. The Hall–Kier alpha value is -1.97. The summed E-state index contributed by atoms with van der Waals surface area (Å²) in [4.78, 5) is 37.1. The van der Waals surface area contributed by atoms with Crippen LogP contribution in [-0.2, 0) is 33.3 Å². The molecule has 0 saturated carbocycles. The van der Waals surface area contributed by atoms with E-state index in [9.17, 15) is 19.5 Å². The van der Waals surface area contributed by atoms with Crippen molar-refractivity contribution in [2.45, 2.75) is 257 Å². The molecule has 360 valence electrons. The molecule has 2 atom stereocenters. The van der Waals surface area contributed by atoms with Gasteiger partial charge in [0.2, 0.25) is 0 Å². The molecular formula is C52H99NO8. The standard InChI is InChI=1S/C52H99NO8/c1-6-8-10-12-14-16-18-20-22-24-26-28-30-32-34-36-38-40-42-49(54)59-46-48(47-60-52(51(56)57)58-45-44-53(3,4)5)61-50(55)43-41-39-37-35-33-31-29-27-25-23-21-19-17-15-13-11-9-7-2/h23,25,48,52H,6-22,24,26-47H2,1-5H3/b25-23-. The summed E-state index contributed by atoms with van der Waals surface area (Å²) in [6.45, 7) is 4.78. The van der Waals surface area contributed by atoms with Crippen molar-refractivity contribution in [2.75, 3.05) is 47.5 Å². The Morgan fingerprint density at radius 2 is 0.836 bits per heavy atom. The second-order valence-electron chi connectivity index (χ2n) is 18.8. The Kier molecular flexibility index (Phi) is 43.2. The SMILES string of the molecule is CCCCCCCCC/C=C\CCCCCCCCCC(=O)OC(COC(=O)CCCCCCCCCCCCCCCCCCCC)COC(OCC[N+](C)(C)C)C(=O)[O-]. The minimum atomic E-state index is -1.62. The number of esters is 2. The van der Waals surface area contributed by atoms with Crippen molar-refractivity contribution in [1.29, 1.82) is 0 Å². The van der Waals surface area contributed by atoms with Gasteiger partial charge in [0.15, 0.2) is 12.4 Å². The highest BCUT2D eigenvalue weighted by Crippen LogP contribution is 2.16. The average Bonchev–Trinajstić information content (AvgIpc) is 3.22. The summed E-state index contributed by atoms with van der Waals surface area (Å²) < 4.78 is 22.6. The maximum Gasteiger partial charge on any atom is 0.306 e. The van der Waals surface area contributed by atoms with Crippen LogP contribution >= 0.6 is 0 Å². The van der Waals surface area contributed by atoms with Crippen molar-refractivity contribution in [1.82, 2.24) is 0 Å². The topological polar surface area (TPSA) is 111 Å². The molecule has 0 aromatic carbocycles. The normalized spacial score (nSPS) is 12.9. The third-order valence-electron chi connectivity index (χ3n) is 11.5. The molecule has 0 spiro atoms. The van der Waals surface area contributed by atoms with Crippen LogP contribution in [0.5, 0.6) is 0 Å². The molecule has 9 nitrogen and oxygen atoms in total. The van der Waals surface area contributed by atoms with Crippen LogP contribution in [0.4, 0.5) is 0 Å². The van der Waals surface area contributed by atoms with E-state index in [1.807, 2.05) is 21.1 Å². The third kappa shape index (κ3) is 45.9. The van der Waals surface area contributed by atoms with Gasteiger partial charge in [-0.05, 0) is 38.5 Å². The number of likely N-dealkylation sites (N-methyl/N-ethyl adjacent to an activating group) is 1. The Labute approximate surface area is 376 Å². The maximum atomic E-state index is 12.8. The molecule has 0 aromatic rings. The van der Waals surface area contributed by atoms with Crippen LogP contribution < -0.4 is 5.11 Å². The molecule has 0 rings (SSSR count). The summed E-state index contributed by atoms with van der Waals surface area (Å²) >= 11 is 0. The molecule has 0 aromatic heterocycles. The number of nitrogens with zero attached hydrogens (tertiary/aromatic N) is 1. The summed E-state index contributed by atoms with van der Waals surface area (Å²) in [7, 11) is 5.92. The van der Waals surface area contributed by atoms with Crippen LogP contribution in [0.3, 0.4) is 0 Å². The van der Waals surface area contributed by atoms with Gasteiger partial charge in [-0.1, -0.05) is 206 Å². The van der Waals surface area contributed by atoms with Gasteiger partial charge >= 0.3 is 11.9 Å². The minimum Gasteiger partial charge on any atom is -0.545 e. The molecule has 0 heterocycles. The fourth-order valence-electron chi connectivity index (χ4n) is 7.47. The molecule has 0 aliphatic heterocycles. The lowest BCUT2D eigenvalue weighted by atomic mass is 10.0. The van der Waals surface area contributed by atoms with Crippen molar-refractivity contribution in [3.05, 3.63) is 12.2 Å². The molecule has 0 radical (unpaired) electrons. The largest absolute Gasteiger partial charge is 0.545 e. The zero-order chi connectivity index (χ0) is 44.9. The molecule has 9 heteroatoms. The highest BCUT2D eigenvalue weighted by Gasteiger charge is 2.22. The molecule has 0 bridgehead atoms. The number of aliphatic carboxylic acids is 1. The van der Waals surface area contributed by atoms with E-state index in [2.05, 4.69) is 26.0 Å². The van der Waals surface area contributed by atoms with E-state index >= 15 is 0 Å². The number of allylic oxidation sites excluding steroid dienone is 2. The van der Waals surface area contributed by atoms with Crippen molar-refractivity contribution in [2.24, 2.45) is 0 Å². The Morgan fingerprint density at radius 1 is 0.475 bits per heavy atom. The first-order valence-electron chi connectivity index (χ1n) is 25.8. The number of carbonyl (C=O) groups is 3. The Bertz CT molecular complexity index is 1010. The van der Waals surface area contributed by atoms with Gasteiger partial charge in [0, 0.05) is 12.8 Å². The smallest absolute Gasteiger partial charge is 0.306 e. The average molecular weight is 866 g/mol. The maximum absolute atomic E-state index is 12.8. The highest BCUT2D eigenvalue weighted by atomic mass is 16.7. The van der Waals surface area contributed by atoms with Crippen LogP contribution in [0.2, 0.25) is 0 Å². The molecule has 0 saturated heterocycles. The second-order valence-corrected chi connectivity index (χ2v) is 18.8. The van der Waals surface area contributed by atoms with Crippen LogP contribution in [0.1, 0.15) is 245 Å². The first kappa shape index (κ1) is 59.0. The van der Waals surface area contributed by atoms with E-state index < -0.39 is 24.3 Å². The van der Waals surface area contributed by atoms with Crippen molar-refractivity contribution >= 4 is 17.9 Å². The van der Waals surface area contributed by atoms with Crippen LogP contribution in [0, 0.1) is 0 Å². The van der Waals surface area contributed by atoms with Crippen molar-refractivity contribution in [3.63, 3.8) is 0 Å². The first-order chi connectivity index (χ1) is 29.6. The minimum absolute atomic E-state index is 0.150. The molecule has 0 N–H and O–H groups in total. The molecular weight excluding hydrogens is 767 g/mol. The lowest BCUT2D eigenvalue weighted by Gasteiger charge is -2.26. The van der Waals surface area contributed by atoms with Gasteiger partial charge in [0.05, 0.1) is 40.3 Å². The number of ether oxygens (including phenoxy) is 4. The Balaban J connectivity index is 4.32. The molecule has 0 fully saturated rings. The molecule has 0 aliphatic rings. The van der Waals surface area contributed by atoms with E-state index in [1.165, 1.54) is 167 Å². The number of hydrogen-bond donors (Lipinski definition) is 0. The number of rotatable bonds is 48. The highest BCUT2D eigenvalue weighted by molar-refractivity contribution is 5.70. The molecule has 0 amide bonds. The van der Waals surface area contributed by atoms with Gasteiger partial charge in [0.1, 0.15) is 13.2 Å². The van der Waals surface area contributed by atoms with Gasteiger partial charge in [0.25, 0.3) is 0 Å². The zero-order valence-electron chi connectivity index (χ0n) is 40.8. The first-order valence-corrected chi connectivity index (χ1v) is 25.8. The van der Waals surface area contributed by atoms with Crippen LogP contribution in [0.25, 0.3) is 0 Å². The summed E-state index contributed by atoms with van der Waals surface area (Å²) in [5.74, 6) is -2.27. The van der Waals surface area contributed by atoms with Gasteiger partial charge in [-0.15, -0.1) is 0 Å². The van der Waals surface area contributed by atoms with Crippen molar-refractivity contribution in [3.8, 4) is 0 Å². The van der Waals surface area contributed by atoms with E-state index in [0.717, 1.165) is 44.9 Å². The second kappa shape index (κ2) is 44.6.